The molecule has 0 radical (unpaired) electrons. The number of nitrogens with one attached hydrogen (secondary N) is 2. The Hall–Kier alpha value is -1.79. The first-order valence-corrected chi connectivity index (χ1v) is 8.10. The summed E-state index contributed by atoms with van der Waals surface area (Å²) >= 11 is 0. The molecule has 2 fully saturated rings. The minimum Gasteiger partial charge on any atom is -0.466 e. The van der Waals surface area contributed by atoms with Gasteiger partial charge < -0.3 is 20.3 Å². The Morgan fingerprint density at radius 1 is 1.32 bits per heavy atom. The standard InChI is InChI=1S/C15H25N3O4/c1-3-16-15(21)18-11-8-6-5-7-10(11)17-14(20)12(18)9-13(19)22-4-2/h10-12H,3-9H2,1-2H3,(H,16,21)(H,17,20)/t10-,11+,12-/m0/s1. The smallest absolute Gasteiger partial charge is 0.318 e. The van der Waals surface area contributed by atoms with Crippen molar-refractivity contribution in [3.63, 3.8) is 0 Å². The Kier molecular flexibility index (Phi) is 5.63. The van der Waals surface area contributed by atoms with Crippen molar-refractivity contribution in [2.75, 3.05) is 13.2 Å². The summed E-state index contributed by atoms with van der Waals surface area (Å²) in [5.41, 5.74) is 0. The van der Waals surface area contributed by atoms with Crippen molar-refractivity contribution in [1.82, 2.24) is 15.5 Å². The van der Waals surface area contributed by atoms with Crippen LogP contribution < -0.4 is 10.6 Å². The van der Waals surface area contributed by atoms with E-state index in [0.717, 1.165) is 25.7 Å². The van der Waals surface area contributed by atoms with Crippen LogP contribution in [0, 0.1) is 0 Å². The molecule has 7 nitrogen and oxygen atoms in total. The van der Waals surface area contributed by atoms with Crippen molar-refractivity contribution in [2.45, 2.75) is 64.1 Å². The Morgan fingerprint density at radius 2 is 2.05 bits per heavy atom. The van der Waals surface area contributed by atoms with Gasteiger partial charge in [0.15, 0.2) is 0 Å². The average molecular weight is 311 g/mol. The molecule has 3 amide bonds. The van der Waals surface area contributed by atoms with Crippen LogP contribution in [0.1, 0.15) is 46.0 Å². The van der Waals surface area contributed by atoms with Gasteiger partial charge in [0.05, 0.1) is 19.1 Å². The summed E-state index contributed by atoms with van der Waals surface area (Å²) in [6.07, 6.45) is 3.70. The van der Waals surface area contributed by atoms with Gasteiger partial charge in [0.2, 0.25) is 5.91 Å². The van der Waals surface area contributed by atoms with E-state index in [1.165, 1.54) is 0 Å². The molecule has 22 heavy (non-hydrogen) atoms. The van der Waals surface area contributed by atoms with Gasteiger partial charge in [-0.2, -0.15) is 0 Å². The maximum atomic E-state index is 12.4. The zero-order valence-corrected chi connectivity index (χ0v) is 13.3. The van der Waals surface area contributed by atoms with Gasteiger partial charge >= 0.3 is 12.0 Å². The predicted molar refractivity (Wildman–Crippen MR) is 80.1 cm³/mol. The van der Waals surface area contributed by atoms with Crippen LogP contribution in [-0.4, -0.2) is 54.1 Å². The summed E-state index contributed by atoms with van der Waals surface area (Å²) in [6, 6.07) is -1.12. The molecule has 1 saturated heterocycles. The molecule has 1 aliphatic carbocycles. The Labute approximate surface area is 130 Å². The molecule has 1 aliphatic heterocycles. The Balaban J connectivity index is 2.20. The van der Waals surface area contributed by atoms with E-state index in [2.05, 4.69) is 10.6 Å². The molecule has 0 aromatic carbocycles. The van der Waals surface area contributed by atoms with E-state index in [-0.39, 0.29) is 37.0 Å². The fraction of sp³-hybridized carbons (Fsp3) is 0.800. The Morgan fingerprint density at radius 3 is 2.73 bits per heavy atom. The van der Waals surface area contributed by atoms with Crippen molar-refractivity contribution in [3.8, 4) is 0 Å². The quantitative estimate of drug-likeness (QED) is 0.751. The summed E-state index contributed by atoms with van der Waals surface area (Å²) in [7, 11) is 0. The van der Waals surface area contributed by atoms with Gasteiger partial charge in [-0.15, -0.1) is 0 Å². The number of carbonyl (C=O) groups is 3. The van der Waals surface area contributed by atoms with E-state index in [0.29, 0.717) is 6.54 Å². The zero-order chi connectivity index (χ0) is 16.1. The molecule has 2 N–H and O–H groups in total. The van der Waals surface area contributed by atoms with E-state index in [9.17, 15) is 14.4 Å². The number of fused-ring (bicyclic) bond motifs is 1. The fourth-order valence-corrected chi connectivity index (χ4v) is 3.35. The van der Waals surface area contributed by atoms with E-state index >= 15 is 0 Å². The SMILES string of the molecule is CCNC(=O)N1[C@@H]2CCCC[C@@H]2NC(=O)[C@@H]1CC(=O)OCC. The first kappa shape index (κ1) is 16.6. The molecule has 7 heteroatoms. The molecule has 0 aromatic heterocycles. The minimum atomic E-state index is -0.787. The van der Waals surface area contributed by atoms with Crippen LogP contribution in [0.3, 0.4) is 0 Å². The highest BCUT2D eigenvalue weighted by atomic mass is 16.5. The lowest BCUT2D eigenvalue weighted by Gasteiger charge is -2.47. The molecule has 0 unspecified atom stereocenters. The fourth-order valence-electron chi connectivity index (χ4n) is 3.35. The van der Waals surface area contributed by atoms with Crippen molar-refractivity contribution >= 4 is 17.9 Å². The number of esters is 1. The molecule has 0 bridgehead atoms. The van der Waals surface area contributed by atoms with Gasteiger partial charge in [-0.3, -0.25) is 9.59 Å². The van der Waals surface area contributed by atoms with Gasteiger partial charge in [-0.1, -0.05) is 12.8 Å². The normalized spacial score (nSPS) is 27.6. The van der Waals surface area contributed by atoms with E-state index in [1.807, 2.05) is 6.92 Å². The first-order chi connectivity index (χ1) is 10.6. The number of piperazine rings is 1. The molecule has 2 rings (SSSR count). The lowest BCUT2D eigenvalue weighted by Crippen LogP contribution is -2.69. The highest BCUT2D eigenvalue weighted by molar-refractivity contribution is 5.92. The van der Waals surface area contributed by atoms with E-state index in [4.69, 9.17) is 4.74 Å². The number of hydrogen-bond acceptors (Lipinski definition) is 4. The molecule has 2 aliphatic rings. The number of ether oxygens (including phenoxy) is 1. The summed E-state index contributed by atoms with van der Waals surface area (Å²) in [5, 5.41) is 5.73. The van der Waals surface area contributed by atoms with Crippen LogP contribution in [0.25, 0.3) is 0 Å². The minimum absolute atomic E-state index is 0.0118. The number of nitrogens with zero attached hydrogens (tertiary/aromatic N) is 1. The molecule has 124 valence electrons. The lowest BCUT2D eigenvalue weighted by molar-refractivity contribution is -0.148. The van der Waals surface area contributed by atoms with Crippen molar-refractivity contribution in [3.05, 3.63) is 0 Å². The number of amides is 3. The highest BCUT2D eigenvalue weighted by Crippen LogP contribution is 2.29. The molecule has 1 saturated carbocycles. The van der Waals surface area contributed by atoms with Gasteiger partial charge in [-0.05, 0) is 26.7 Å². The van der Waals surface area contributed by atoms with Gasteiger partial charge in [-0.25, -0.2) is 4.79 Å². The highest BCUT2D eigenvalue weighted by Gasteiger charge is 2.45. The third kappa shape index (κ3) is 3.51. The number of hydrogen-bond donors (Lipinski definition) is 2. The second-order valence-electron chi connectivity index (χ2n) is 5.73. The Bertz CT molecular complexity index is 441. The third-order valence-electron chi connectivity index (χ3n) is 4.28. The van der Waals surface area contributed by atoms with Crippen LogP contribution in [0.4, 0.5) is 4.79 Å². The number of carbonyl (C=O) groups excluding carboxylic acids is 3. The predicted octanol–water partition coefficient (Wildman–Crippen LogP) is 0.781. The van der Waals surface area contributed by atoms with Crippen LogP contribution >= 0.6 is 0 Å². The maximum Gasteiger partial charge on any atom is 0.318 e. The van der Waals surface area contributed by atoms with Crippen molar-refractivity contribution in [2.24, 2.45) is 0 Å². The molecule has 3 atom stereocenters. The molecule has 1 heterocycles. The largest absolute Gasteiger partial charge is 0.466 e. The van der Waals surface area contributed by atoms with Crippen molar-refractivity contribution in [1.29, 1.82) is 0 Å². The molecule has 0 aromatic rings. The summed E-state index contributed by atoms with van der Waals surface area (Å²) in [5.74, 6) is -0.714. The molecule has 0 spiro atoms. The summed E-state index contributed by atoms with van der Waals surface area (Å²) in [6.45, 7) is 4.30. The van der Waals surface area contributed by atoms with Crippen LogP contribution in [0.5, 0.6) is 0 Å². The number of rotatable bonds is 4. The van der Waals surface area contributed by atoms with Crippen LogP contribution in [0.15, 0.2) is 0 Å². The third-order valence-corrected chi connectivity index (χ3v) is 4.28. The summed E-state index contributed by atoms with van der Waals surface area (Å²) in [4.78, 5) is 38.2. The second-order valence-corrected chi connectivity index (χ2v) is 5.73. The lowest BCUT2D eigenvalue weighted by atomic mass is 9.85. The monoisotopic (exact) mass is 311 g/mol. The number of urea groups is 1. The van der Waals surface area contributed by atoms with Gasteiger partial charge in [0, 0.05) is 12.6 Å². The second kappa shape index (κ2) is 7.47. The first-order valence-electron chi connectivity index (χ1n) is 8.10. The maximum absolute atomic E-state index is 12.4. The topological polar surface area (TPSA) is 87.7 Å². The zero-order valence-electron chi connectivity index (χ0n) is 13.3. The van der Waals surface area contributed by atoms with Crippen molar-refractivity contribution < 1.29 is 19.1 Å². The van der Waals surface area contributed by atoms with Crippen LogP contribution in [0.2, 0.25) is 0 Å². The summed E-state index contributed by atoms with van der Waals surface area (Å²) < 4.78 is 4.94. The molecular weight excluding hydrogens is 286 g/mol. The van der Waals surface area contributed by atoms with Gasteiger partial charge in [0.1, 0.15) is 6.04 Å². The average Bonchev–Trinajstić information content (AvgIpc) is 2.48. The van der Waals surface area contributed by atoms with E-state index in [1.54, 1.807) is 11.8 Å². The molecular formula is C15H25N3O4. The van der Waals surface area contributed by atoms with E-state index < -0.39 is 12.0 Å². The van der Waals surface area contributed by atoms with Gasteiger partial charge in [0.25, 0.3) is 0 Å². The van der Waals surface area contributed by atoms with Crippen LogP contribution in [-0.2, 0) is 14.3 Å².